The third-order valence-corrected chi connectivity index (χ3v) is 5.23. The summed E-state index contributed by atoms with van der Waals surface area (Å²) in [4.78, 5) is 6.47. The number of benzene rings is 1. The summed E-state index contributed by atoms with van der Waals surface area (Å²) in [6, 6.07) is 15.5. The van der Waals surface area contributed by atoms with Gasteiger partial charge in [-0.3, -0.25) is 4.81 Å². The van der Waals surface area contributed by atoms with Gasteiger partial charge in [0.2, 0.25) is 5.71 Å². The standard InChI is InChI=1S/C23H21BN3O/c1-16-14-26(3)22(12-19(16)17-8-5-4-6-9-17)27-15-20-18-10-7-11-25-23(18)28-21(20)13-24(27)2/h4-15H,1-3H3/q+1/i1D3. The lowest BCUT2D eigenvalue weighted by Gasteiger charge is -2.20. The van der Waals surface area contributed by atoms with Gasteiger partial charge in [0, 0.05) is 16.4 Å². The number of anilines is 1. The predicted octanol–water partition coefficient (Wildman–Crippen LogP) is 2.83. The van der Waals surface area contributed by atoms with Crippen LogP contribution in [0.2, 0.25) is 6.82 Å². The average molecular weight is 369 g/mol. The van der Waals surface area contributed by atoms with Crippen LogP contribution in [-0.2, 0) is 7.05 Å². The van der Waals surface area contributed by atoms with Crippen molar-refractivity contribution in [1.82, 2.24) is 4.98 Å². The van der Waals surface area contributed by atoms with E-state index in [4.69, 9.17) is 8.53 Å². The molecule has 4 aromatic rings. The molecule has 4 heterocycles. The molecule has 0 aliphatic carbocycles. The molecule has 1 aromatic carbocycles. The Balaban J connectivity index is 1.74. The fraction of sp³-hybridized carbons (Fsp3) is 0.130. The number of nitrogens with zero attached hydrogens (tertiary/aromatic N) is 3. The Morgan fingerprint density at radius 1 is 1.18 bits per heavy atom. The number of hydrogen-bond acceptors (Lipinski definition) is 3. The first-order chi connectivity index (χ1) is 14.8. The Bertz CT molecular complexity index is 1410. The van der Waals surface area contributed by atoms with Gasteiger partial charge in [-0.05, 0) is 48.5 Å². The van der Waals surface area contributed by atoms with Crippen molar-refractivity contribution in [3.63, 3.8) is 0 Å². The van der Waals surface area contributed by atoms with Crippen molar-refractivity contribution >= 4 is 35.9 Å². The Labute approximate surface area is 168 Å². The first-order valence-corrected chi connectivity index (χ1v) is 9.28. The van der Waals surface area contributed by atoms with E-state index in [9.17, 15) is 0 Å². The van der Waals surface area contributed by atoms with Crippen molar-refractivity contribution in [1.29, 1.82) is 0 Å². The van der Waals surface area contributed by atoms with E-state index >= 15 is 0 Å². The monoisotopic (exact) mass is 369 g/mol. The third-order valence-electron chi connectivity index (χ3n) is 5.23. The molecule has 5 rings (SSSR count). The summed E-state index contributed by atoms with van der Waals surface area (Å²) in [5.74, 6) is 2.95. The molecular weight excluding hydrogens is 345 g/mol. The van der Waals surface area contributed by atoms with Gasteiger partial charge < -0.3 is 4.42 Å². The minimum atomic E-state index is -2.22. The second-order valence-electron chi connectivity index (χ2n) is 7.12. The molecular formula is C23H21BN3O+. The third kappa shape index (κ3) is 2.62. The first kappa shape index (κ1) is 13.8. The molecule has 136 valence electrons. The summed E-state index contributed by atoms with van der Waals surface area (Å²) in [6.07, 6.45) is 5.50. The van der Waals surface area contributed by atoms with Gasteiger partial charge in [0.15, 0.2) is 0 Å². The minimum absolute atomic E-state index is 0.0153. The van der Waals surface area contributed by atoms with Gasteiger partial charge in [0.05, 0.1) is 30.0 Å². The van der Waals surface area contributed by atoms with Crippen molar-refractivity contribution < 1.29 is 13.1 Å². The molecule has 0 saturated carbocycles. The van der Waals surface area contributed by atoms with Crippen LogP contribution >= 0.6 is 0 Å². The molecule has 0 amide bonds. The zero-order valence-electron chi connectivity index (χ0n) is 18.8. The van der Waals surface area contributed by atoms with Gasteiger partial charge in [0.25, 0.3) is 5.82 Å². The van der Waals surface area contributed by atoms with E-state index in [0.29, 0.717) is 16.8 Å². The number of rotatable bonds is 2. The molecule has 0 atom stereocenters. The van der Waals surface area contributed by atoms with Crippen molar-refractivity contribution in [2.75, 3.05) is 4.81 Å². The van der Waals surface area contributed by atoms with Crippen molar-refractivity contribution in [3.8, 4) is 11.1 Å². The van der Waals surface area contributed by atoms with E-state index in [1.807, 2.05) is 60.1 Å². The largest absolute Gasteiger partial charge is 0.439 e. The molecule has 3 aromatic heterocycles. The van der Waals surface area contributed by atoms with Crippen LogP contribution in [0, 0.1) is 6.85 Å². The molecule has 4 nitrogen and oxygen atoms in total. The predicted molar refractivity (Wildman–Crippen MR) is 114 cm³/mol. The van der Waals surface area contributed by atoms with E-state index in [0.717, 1.165) is 27.4 Å². The lowest BCUT2D eigenvalue weighted by atomic mass is 9.62. The maximum atomic E-state index is 8.05. The highest BCUT2D eigenvalue weighted by Crippen LogP contribution is 2.26. The van der Waals surface area contributed by atoms with E-state index in [2.05, 4.69) is 28.8 Å². The topological polar surface area (TPSA) is 33.2 Å². The molecule has 0 saturated heterocycles. The SMILES string of the molecule is [2H]C([2H])([2H])c1c[n+](C)c(N2C=c3c(oc4ncccc34)=CB2C)cc1-c1ccccc1. The van der Waals surface area contributed by atoms with Gasteiger partial charge in [-0.15, -0.1) is 0 Å². The van der Waals surface area contributed by atoms with Crippen LogP contribution in [0.25, 0.3) is 34.4 Å². The molecule has 0 radical (unpaired) electrons. The van der Waals surface area contributed by atoms with Crippen LogP contribution in [0.4, 0.5) is 5.82 Å². The van der Waals surface area contributed by atoms with Crippen LogP contribution in [0.3, 0.4) is 0 Å². The fourth-order valence-electron chi connectivity index (χ4n) is 3.81. The highest BCUT2D eigenvalue weighted by Gasteiger charge is 2.30. The van der Waals surface area contributed by atoms with E-state index in [1.165, 1.54) is 0 Å². The Morgan fingerprint density at radius 3 is 2.86 bits per heavy atom. The van der Waals surface area contributed by atoms with Crippen molar-refractivity contribution in [2.24, 2.45) is 7.05 Å². The Morgan fingerprint density at radius 2 is 2.04 bits per heavy atom. The highest BCUT2D eigenvalue weighted by molar-refractivity contribution is 6.76. The summed E-state index contributed by atoms with van der Waals surface area (Å²) in [5.41, 5.74) is 3.34. The number of aromatic nitrogens is 2. The normalized spacial score (nSPS) is 15.3. The van der Waals surface area contributed by atoms with Gasteiger partial charge in [-0.2, -0.15) is 0 Å². The van der Waals surface area contributed by atoms with Crippen molar-refractivity contribution in [3.05, 3.63) is 77.1 Å². The minimum Gasteiger partial charge on any atom is -0.439 e. The summed E-state index contributed by atoms with van der Waals surface area (Å²) in [6.45, 7) is -0.119. The van der Waals surface area contributed by atoms with Crippen LogP contribution in [0.5, 0.6) is 0 Å². The maximum absolute atomic E-state index is 8.05. The number of hydrogen-bond donors (Lipinski definition) is 0. The molecule has 0 spiro atoms. The second kappa shape index (κ2) is 6.38. The van der Waals surface area contributed by atoms with Crippen LogP contribution in [0.15, 0.2) is 65.3 Å². The van der Waals surface area contributed by atoms with E-state index in [-0.39, 0.29) is 6.85 Å². The molecule has 0 N–H and O–H groups in total. The van der Waals surface area contributed by atoms with E-state index in [1.54, 1.807) is 12.4 Å². The van der Waals surface area contributed by atoms with Crippen molar-refractivity contribution in [2.45, 2.75) is 13.7 Å². The molecule has 0 fully saturated rings. The summed E-state index contributed by atoms with van der Waals surface area (Å²) >= 11 is 0. The summed E-state index contributed by atoms with van der Waals surface area (Å²) in [5, 5.41) is 1.93. The summed E-state index contributed by atoms with van der Waals surface area (Å²) < 4.78 is 32.0. The number of pyridine rings is 2. The van der Waals surface area contributed by atoms with Crippen LogP contribution in [0.1, 0.15) is 9.68 Å². The molecule has 1 aliphatic heterocycles. The van der Waals surface area contributed by atoms with E-state index < -0.39 is 6.85 Å². The van der Waals surface area contributed by atoms with Crippen LogP contribution in [-0.4, -0.2) is 11.8 Å². The smallest absolute Gasteiger partial charge is 0.405 e. The maximum Gasteiger partial charge on any atom is 0.405 e. The second-order valence-corrected chi connectivity index (χ2v) is 7.12. The molecule has 5 heteroatoms. The van der Waals surface area contributed by atoms with Gasteiger partial charge >= 0.3 is 6.85 Å². The van der Waals surface area contributed by atoms with Gasteiger partial charge in [-0.25, -0.2) is 9.55 Å². The summed E-state index contributed by atoms with van der Waals surface area (Å²) in [7, 11) is 1.88. The molecule has 0 bridgehead atoms. The number of aryl methyl sites for hydroxylation is 2. The van der Waals surface area contributed by atoms with Gasteiger partial charge in [-0.1, -0.05) is 30.3 Å². The fourth-order valence-corrected chi connectivity index (χ4v) is 3.81. The average Bonchev–Trinajstić information content (AvgIpc) is 3.10. The zero-order chi connectivity index (χ0) is 21.8. The Hall–Kier alpha value is -3.34. The molecule has 28 heavy (non-hydrogen) atoms. The molecule has 0 unspecified atom stereocenters. The quantitative estimate of drug-likeness (QED) is 0.403. The number of fused-ring (bicyclic) bond motifs is 3. The Kier molecular flexibility index (Phi) is 3.14. The van der Waals surface area contributed by atoms with Gasteiger partial charge in [0.1, 0.15) is 5.42 Å². The lowest BCUT2D eigenvalue weighted by molar-refractivity contribution is -0.658. The molecule has 1 aliphatic rings. The first-order valence-electron chi connectivity index (χ1n) is 10.8. The van der Waals surface area contributed by atoms with Crippen LogP contribution < -0.4 is 20.0 Å². The zero-order valence-corrected chi connectivity index (χ0v) is 15.8. The number of furan rings is 1. The lowest BCUT2D eigenvalue weighted by Crippen LogP contribution is -2.47. The highest BCUT2D eigenvalue weighted by atomic mass is 16.3.